The first-order chi connectivity index (χ1) is 9.72. The molecule has 20 heavy (non-hydrogen) atoms. The van der Waals surface area contributed by atoms with Crippen LogP contribution in [-0.2, 0) is 6.42 Å². The minimum absolute atomic E-state index is 0.339. The van der Waals surface area contributed by atoms with Gasteiger partial charge in [-0.2, -0.15) is 0 Å². The molecule has 2 nitrogen and oxygen atoms in total. The molecule has 0 fully saturated rings. The number of halogens is 1. The van der Waals surface area contributed by atoms with E-state index in [1.54, 1.807) is 7.11 Å². The zero-order valence-corrected chi connectivity index (χ0v) is 14.1. The van der Waals surface area contributed by atoms with Gasteiger partial charge in [0.1, 0.15) is 5.75 Å². The first-order valence-electron chi connectivity index (χ1n) is 6.84. The second-order valence-electron chi connectivity index (χ2n) is 4.71. The molecule has 0 heterocycles. The van der Waals surface area contributed by atoms with Gasteiger partial charge in [-0.25, -0.2) is 0 Å². The van der Waals surface area contributed by atoms with E-state index in [2.05, 4.69) is 71.2 Å². The predicted octanol–water partition coefficient (Wildman–Crippen LogP) is 4.19. The molecular weight excluding hydrogens is 361 g/mol. The van der Waals surface area contributed by atoms with Gasteiger partial charge in [-0.1, -0.05) is 31.2 Å². The summed E-state index contributed by atoms with van der Waals surface area (Å²) >= 11 is 2.34. The highest BCUT2D eigenvalue weighted by Gasteiger charge is 2.11. The fraction of sp³-hybridized carbons (Fsp3) is 0.294. The first-order valence-corrected chi connectivity index (χ1v) is 7.92. The number of methoxy groups -OCH3 is 1. The Morgan fingerprint density at radius 3 is 2.25 bits per heavy atom. The van der Waals surface area contributed by atoms with Crippen molar-refractivity contribution in [3.63, 3.8) is 0 Å². The highest BCUT2D eigenvalue weighted by atomic mass is 127. The maximum absolute atomic E-state index is 5.22. The Morgan fingerprint density at radius 1 is 1.05 bits per heavy atom. The van der Waals surface area contributed by atoms with Crippen molar-refractivity contribution in [2.75, 3.05) is 13.7 Å². The number of benzene rings is 2. The smallest absolute Gasteiger partial charge is 0.118 e. The monoisotopic (exact) mass is 381 g/mol. The molecule has 106 valence electrons. The summed E-state index contributed by atoms with van der Waals surface area (Å²) in [6, 6.07) is 17.4. The second kappa shape index (κ2) is 7.64. The van der Waals surface area contributed by atoms with Crippen LogP contribution in [0.25, 0.3) is 0 Å². The van der Waals surface area contributed by atoms with Crippen molar-refractivity contribution in [3.05, 3.63) is 63.2 Å². The average molecular weight is 381 g/mol. The van der Waals surface area contributed by atoms with E-state index in [1.807, 2.05) is 12.1 Å². The van der Waals surface area contributed by atoms with Crippen LogP contribution in [0.1, 0.15) is 24.1 Å². The summed E-state index contributed by atoms with van der Waals surface area (Å²) in [7, 11) is 1.70. The average Bonchev–Trinajstić information content (AvgIpc) is 2.49. The fourth-order valence-electron chi connectivity index (χ4n) is 2.25. The van der Waals surface area contributed by atoms with Crippen LogP contribution < -0.4 is 10.1 Å². The Labute approximate surface area is 134 Å². The van der Waals surface area contributed by atoms with Crippen LogP contribution >= 0.6 is 22.6 Å². The molecule has 0 saturated carbocycles. The van der Waals surface area contributed by atoms with Gasteiger partial charge in [0.2, 0.25) is 0 Å². The molecule has 0 aliphatic heterocycles. The molecule has 1 N–H and O–H groups in total. The number of likely N-dealkylation sites (N-methyl/N-ethyl adjacent to an activating group) is 1. The van der Waals surface area contributed by atoms with E-state index in [1.165, 1.54) is 14.7 Å². The van der Waals surface area contributed by atoms with E-state index >= 15 is 0 Å². The van der Waals surface area contributed by atoms with Crippen LogP contribution in [0.2, 0.25) is 0 Å². The van der Waals surface area contributed by atoms with Gasteiger partial charge < -0.3 is 10.1 Å². The molecule has 1 atom stereocenters. The molecule has 1 unspecified atom stereocenters. The molecule has 0 radical (unpaired) electrons. The van der Waals surface area contributed by atoms with Gasteiger partial charge in [0.05, 0.1) is 7.11 Å². The quantitative estimate of drug-likeness (QED) is 0.758. The van der Waals surface area contributed by atoms with Crippen LogP contribution in [0.15, 0.2) is 48.5 Å². The van der Waals surface area contributed by atoms with E-state index in [4.69, 9.17) is 4.74 Å². The van der Waals surface area contributed by atoms with Crippen LogP contribution in [0, 0.1) is 3.57 Å². The number of rotatable bonds is 6. The lowest BCUT2D eigenvalue weighted by Crippen LogP contribution is -2.22. The number of ether oxygens (including phenoxy) is 1. The van der Waals surface area contributed by atoms with Gasteiger partial charge >= 0.3 is 0 Å². The lowest BCUT2D eigenvalue weighted by molar-refractivity contribution is 0.414. The molecular formula is C17H20INO. The summed E-state index contributed by atoms with van der Waals surface area (Å²) in [6.07, 6.45) is 0.997. The molecule has 0 saturated heterocycles. The first kappa shape index (κ1) is 15.3. The molecule has 0 aliphatic rings. The summed E-state index contributed by atoms with van der Waals surface area (Å²) in [6.45, 7) is 3.10. The Bertz CT molecular complexity index is 522. The maximum atomic E-state index is 5.22. The standard InChI is InChI=1S/C17H20INO/c1-3-19-17(12-13-4-8-15(18)9-5-13)14-6-10-16(20-2)11-7-14/h4-11,17,19H,3,12H2,1-2H3. The summed E-state index contributed by atoms with van der Waals surface area (Å²) in [5.74, 6) is 0.901. The van der Waals surface area contributed by atoms with Gasteiger partial charge in [-0.15, -0.1) is 0 Å². The van der Waals surface area contributed by atoms with Crippen molar-refractivity contribution in [1.82, 2.24) is 5.32 Å². The maximum Gasteiger partial charge on any atom is 0.118 e. The van der Waals surface area contributed by atoms with E-state index in [-0.39, 0.29) is 0 Å². The molecule has 3 heteroatoms. The summed E-state index contributed by atoms with van der Waals surface area (Å²) in [5, 5.41) is 3.56. The van der Waals surface area contributed by atoms with Gasteiger partial charge in [0.15, 0.2) is 0 Å². The SMILES string of the molecule is CCNC(Cc1ccc(I)cc1)c1ccc(OC)cc1. The summed E-state index contributed by atoms with van der Waals surface area (Å²) in [5.41, 5.74) is 2.65. The number of hydrogen-bond acceptors (Lipinski definition) is 2. The van der Waals surface area contributed by atoms with Crippen molar-refractivity contribution in [3.8, 4) is 5.75 Å². The van der Waals surface area contributed by atoms with Crippen LogP contribution in [0.3, 0.4) is 0 Å². The Balaban J connectivity index is 2.14. The molecule has 0 bridgehead atoms. The van der Waals surface area contributed by atoms with Crippen molar-refractivity contribution in [2.24, 2.45) is 0 Å². The van der Waals surface area contributed by atoms with Gasteiger partial charge in [-0.05, 0) is 70.9 Å². The predicted molar refractivity (Wildman–Crippen MR) is 92.3 cm³/mol. The highest BCUT2D eigenvalue weighted by Crippen LogP contribution is 2.21. The Kier molecular flexibility index (Phi) is 5.86. The highest BCUT2D eigenvalue weighted by molar-refractivity contribution is 14.1. The van der Waals surface area contributed by atoms with Gasteiger partial charge in [-0.3, -0.25) is 0 Å². The molecule has 0 amide bonds. The molecule has 2 rings (SSSR count). The zero-order valence-electron chi connectivity index (χ0n) is 11.9. The van der Waals surface area contributed by atoms with E-state index < -0.39 is 0 Å². The minimum atomic E-state index is 0.339. The second-order valence-corrected chi connectivity index (χ2v) is 5.96. The Morgan fingerprint density at radius 2 is 1.70 bits per heavy atom. The minimum Gasteiger partial charge on any atom is -0.497 e. The summed E-state index contributed by atoms with van der Waals surface area (Å²) < 4.78 is 6.49. The third-order valence-corrected chi connectivity index (χ3v) is 4.04. The molecule has 2 aromatic rings. The van der Waals surface area contributed by atoms with Crippen molar-refractivity contribution >= 4 is 22.6 Å². The largest absolute Gasteiger partial charge is 0.497 e. The van der Waals surface area contributed by atoms with E-state index in [0.29, 0.717) is 6.04 Å². The van der Waals surface area contributed by atoms with Crippen molar-refractivity contribution in [2.45, 2.75) is 19.4 Å². The lowest BCUT2D eigenvalue weighted by atomic mass is 9.99. The molecule has 2 aromatic carbocycles. The molecule has 0 spiro atoms. The van der Waals surface area contributed by atoms with Crippen LogP contribution in [0.4, 0.5) is 0 Å². The molecule has 0 aromatic heterocycles. The normalized spacial score (nSPS) is 12.2. The summed E-state index contributed by atoms with van der Waals surface area (Å²) in [4.78, 5) is 0. The van der Waals surface area contributed by atoms with Gasteiger partial charge in [0.25, 0.3) is 0 Å². The number of hydrogen-bond donors (Lipinski definition) is 1. The van der Waals surface area contributed by atoms with Gasteiger partial charge in [0, 0.05) is 9.61 Å². The lowest BCUT2D eigenvalue weighted by Gasteiger charge is -2.19. The van der Waals surface area contributed by atoms with Crippen molar-refractivity contribution < 1.29 is 4.74 Å². The molecule has 0 aliphatic carbocycles. The number of nitrogens with one attached hydrogen (secondary N) is 1. The van der Waals surface area contributed by atoms with Crippen molar-refractivity contribution in [1.29, 1.82) is 0 Å². The third kappa shape index (κ3) is 4.21. The zero-order chi connectivity index (χ0) is 14.4. The third-order valence-electron chi connectivity index (χ3n) is 3.32. The van der Waals surface area contributed by atoms with Crippen LogP contribution in [0.5, 0.6) is 5.75 Å². The van der Waals surface area contributed by atoms with E-state index in [0.717, 1.165) is 18.7 Å². The van der Waals surface area contributed by atoms with E-state index in [9.17, 15) is 0 Å². The fourth-order valence-corrected chi connectivity index (χ4v) is 2.61. The van der Waals surface area contributed by atoms with Crippen LogP contribution in [-0.4, -0.2) is 13.7 Å². The Hall–Kier alpha value is -1.07. The topological polar surface area (TPSA) is 21.3 Å².